The topological polar surface area (TPSA) is 47.8 Å². The lowest BCUT2D eigenvalue weighted by Crippen LogP contribution is -2.07. The maximum absolute atomic E-state index is 12.0. The van der Waals surface area contributed by atoms with Gasteiger partial charge in [0, 0.05) is 25.0 Å². The third-order valence-corrected chi connectivity index (χ3v) is 2.19. The van der Waals surface area contributed by atoms with Crippen LogP contribution < -0.4 is 0 Å². The molecule has 0 radical (unpaired) electrons. The summed E-state index contributed by atoms with van der Waals surface area (Å²) in [5, 5.41) is 0. The molecular weight excluding hydrogens is 190 g/mol. The molecule has 2 aromatic heterocycles. The highest BCUT2D eigenvalue weighted by Gasteiger charge is 2.12. The number of carbonyl (C=O) groups excluding carboxylic acids is 1. The van der Waals surface area contributed by atoms with Crippen LogP contribution in [0.15, 0.2) is 31.0 Å². The number of aromatic nitrogens is 3. The number of nitrogens with zero attached hydrogens (tertiary/aromatic N) is 3. The summed E-state index contributed by atoms with van der Waals surface area (Å²) in [6.07, 6.45) is 6.46. The maximum Gasteiger partial charge on any atom is 0.212 e. The molecule has 0 saturated heterocycles. The highest BCUT2D eigenvalue weighted by molar-refractivity contribution is 6.07. The zero-order chi connectivity index (χ0) is 10.8. The van der Waals surface area contributed by atoms with Crippen LogP contribution in [0.1, 0.15) is 21.6 Å². The number of hydrogen-bond acceptors (Lipinski definition) is 3. The predicted octanol–water partition coefficient (Wildman–Crippen LogP) is 1.35. The molecule has 0 saturated carbocycles. The molecule has 0 aliphatic heterocycles. The van der Waals surface area contributed by atoms with Gasteiger partial charge in [0.25, 0.3) is 0 Å². The average Bonchev–Trinajstić information content (AvgIpc) is 2.63. The standard InChI is InChI=1S/C11H11N3O/c1-8-3-9(5-12-4-8)11(15)10-6-13-7-14(10)2/h3-7H,1-2H3. The second kappa shape index (κ2) is 3.65. The van der Waals surface area contributed by atoms with Gasteiger partial charge in [-0.15, -0.1) is 0 Å². The molecule has 0 bridgehead atoms. The van der Waals surface area contributed by atoms with Gasteiger partial charge in [0.2, 0.25) is 5.78 Å². The van der Waals surface area contributed by atoms with Gasteiger partial charge in [-0.3, -0.25) is 9.78 Å². The number of rotatable bonds is 2. The van der Waals surface area contributed by atoms with Crippen molar-refractivity contribution in [1.82, 2.24) is 14.5 Å². The largest absolute Gasteiger partial charge is 0.331 e. The molecule has 76 valence electrons. The van der Waals surface area contributed by atoms with E-state index in [1.165, 1.54) is 0 Å². The number of imidazole rings is 1. The summed E-state index contributed by atoms with van der Waals surface area (Å²) in [5.41, 5.74) is 2.14. The maximum atomic E-state index is 12.0. The monoisotopic (exact) mass is 201 g/mol. The molecule has 0 spiro atoms. The van der Waals surface area contributed by atoms with E-state index in [1.807, 2.05) is 13.0 Å². The minimum atomic E-state index is -0.0498. The predicted molar refractivity (Wildman–Crippen MR) is 55.6 cm³/mol. The SMILES string of the molecule is Cc1cncc(C(=O)c2cncn2C)c1. The zero-order valence-corrected chi connectivity index (χ0v) is 8.64. The molecule has 0 unspecified atom stereocenters. The molecule has 15 heavy (non-hydrogen) atoms. The summed E-state index contributed by atoms with van der Waals surface area (Å²) < 4.78 is 1.70. The highest BCUT2D eigenvalue weighted by Crippen LogP contribution is 2.08. The van der Waals surface area contributed by atoms with Gasteiger partial charge >= 0.3 is 0 Å². The molecule has 2 aromatic rings. The number of pyridine rings is 1. The van der Waals surface area contributed by atoms with Crippen molar-refractivity contribution in [3.8, 4) is 0 Å². The fourth-order valence-electron chi connectivity index (χ4n) is 1.40. The van der Waals surface area contributed by atoms with Gasteiger partial charge in [-0.1, -0.05) is 0 Å². The van der Waals surface area contributed by atoms with Crippen LogP contribution in [0, 0.1) is 6.92 Å². The van der Waals surface area contributed by atoms with Crippen molar-refractivity contribution in [1.29, 1.82) is 0 Å². The van der Waals surface area contributed by atoms with Crippen LogP contribution >= 0.6 is 0 Å². The van der Waals surface area contributed by atoms with Crippen molar-refractivity contribution in [2.75, 3.05) is 0 Å². The molecule has 0 aliphatic rings. The Balaban J connectivity index is 2.41. The van der Waals surface area contributed by atoms with Gasteiger partial charge < -0.3 is 4.57 Å². The molecule has 0 fully saturated rings. The number of ketones is 1. The second-order valence-electron chi connectivity index (χ2n) is 3.47. The van der Waals surface area contributed by atoms with E-state index in [0.29, 0.717) is 11.3 Å². The summed E-state index contributed by atoms with van der Waals surface area (Å²) in [7, 11) is 1.80. The molecule has 0 aromatic carbocycles. The first-order valence-corrected chi connectivity index (χ1v) is 4.61. The first-order chi connectivity index (χ1) is 7.18. The van der Waals surface area contributed by atoms with Gasteiger partial charge in [-0.25, -0.2) is 4.98 Å². The van der Waals surface area contributed by atoms with Crippen molar-refractivity contribution in [2.45, 2.75) is 6.92 Å². The molecular formula is C11H11N3O. The van der Waals surface area contributed by atoms with Crippen molar-refractivity contribution in [3.63, 3.8) is 0 Å². The number of hydrogen-bond donors (Lipinski definition) is 0. The average molecular weight is 201 g/mol. The Hall–Kier alpha value is -1.97. The first-order valence-electron chi connectivity index (χ1n) is 4.61. The lowest BCUT2D eigenvalue weighted by Gasteiger charge is -2.01. The van der Waals surface area contributed by atoms with E-state index in [0.717, 1.165) is 5.56 Å². The summed E-state index contributed by atoms with van der Waals surface area (Å²) in [4.78, 5) is 19.9. The van der Waals surface area contributed by atoms with Crippen molar-refractivity contribution >= 4 is 5.78 Å². The van der Waals surface area contributed by atoms with E-state index in [1.54, 1.807) is 36.5 Å². The Morgan fingerprint density at radius 3 is 2.67 bits per heavy atom. The Morgan fingerprint density at radius 1 is 1.27 bits per heavy atom. The van der Waals surface area contributed by atoms with E-state index in [-0.39, 0.29) is 5.78 Å². The lowest BCUT2D eigenvalue weighted by atomic mass is 10.1. The minimum absolute atomic E-state index is 0.0498. The van der Waals surface area contributed by atoms with E-state index in [9.17, 15) is 4.79 Å². The van der Waals surface area contributed by atoms with Gasteiger partial charge in [-0.2, -0.15) is 0 Å². The zero-order valence-electron chi connectivity index (χ0n) is 8.64. The normalized spacial score (nSPS) is 10.3. The molecule has 2 heterocycles. The van der Waals surface area contributed by atoms with Crippen LogP contribution in [0.25, 0.3) is 0 Å². The van der Waals surface area contributed by atoms with Crippen LogP contribution in [0.3, 0.4) is 0 Å². The molecule has 0 atom stereocenters. The lowest BCUT2D eigenvalue weighted by molar-refractivity contribution is 0.103. The fraction of sp³-hybridized carbons (Fsp3) is 0.182. The Bertz CT molecular complexity index is 502. The van der Waals surface area contributed by atoms with Crippen LogP contribution in [-0.2, 0) is 7.05 Å². The smallest absolute Gasteiger partial charge is 0.212 e. The third kappa shape index (κ3) is 1.79. The van der Waals surface area contributed by atoms with Gasteiger partial charge in [0.1, 0.15) is 5.69 Å². The van der Waals surface area contributed by atoms with E-state index in [4.69, 9.17) is 0 Å². The molecule has 2 rings (SSSR count). The molecule has 4 nitrogen and oxygen atoms in total. The summed E-state index contributed by atoms with van der Waals surface area (Å²) >= 11 is 0. The Labute approximate surface area is 87.6 Å². The van der Waals surface area contributed by atoms with E-state index in [2.05, 4.69) is 9.97 Å². The molecule has 0 aliphatic carbocycles. The second-order valence-corrected chi connectivity index (χ2v) is 3.47. The number of carbonyl (C=O) groups is 1. The quantitative estimate of drug-likeness (QED) is 0.689. The highest BCUT2D eigenvalue weighted by atomic mass is 16.1. The van der Waals surface area contributed by atoms with Crippen molar-refractivity contribution in [3.05, 3.63) is 47.8 Å². The minimum Gasteiger partial charge on any atom is -0.331 e. The van der Waals surface area contributed by atoms with E-state index >= 15 is 0 Å². The Kier molecular flexibility index (Phi) is 2.33. The van der Waals surface area contributed by atoms with Crippen LogP contribution in [0.5, 0.6) is 0 Å². The van der Waals surface area contributed by atoms with Gasteiger partial charge in [0.15, 0.2) is 0 Å². The third-order valence-electron chi connectivity index (χ3n) is 2.19. The summed E-state index contributed by atoms with van der Waals surface area (Å²) in [5.74, 6) is -0.0498. The molecule has 0 N–H and O–H groups in total. The van der Waals surface area contributed by atoms with Gasteiger partial charge in [0.05, 0.1) is 12.5 Å². The van der Waals surface area contributed by atoms with Crippen molar-refractivity contribution in [2.24, 2.45) is 7.05 Å². The van der Waals surface area contributed by atoms with Crippen LogP contribution in [0.2, 0.25) is 0 Å². The Morgan fingerprint density at radius 2 is 2.07 bits per heavy atom. The fourth-order valence-corrected chi connectivity index (χ4v) is 1.40. The number of aryl methyl sites for hydroxylation is 2. The van der Waals surface area contributed by atoms with Crippen molar-refractivity contribution < 1.29 is 4.79 Å². The van der Waals surface area contributed by atoms with Gasteiger partial charge in [-0.05, 0) is 18.6 Å². The summed E-state index contributed by atoms with van der Waals surface area (Å²) in [6.45, 7) is 1.91. The van der Waals surface area contributed by atoms with Crippen LogP contribution in [0.4, 0.5) is 0 Å². The van der Waals surface area contributed by atoms with E-state index < -0.39 is 0 Å². The molecule has 4 heteroatoms. The first kappa shape index (κ1) is 9.58. The molecule has 0 amide bonds. The van der Waals surface area contributed by atoms with Crippen LogP contribution in [-0.4, -0.2) is 20.3 Å². The summed E-state index contributed by atoms with van der Waals surface area (Å²) in [6, 6.07) is 1.82.